The SMILES string of the molecule is CN1CCc2[nH]c(CN)cc2C1. The lowest BCUT2D eigenvalue weighted by atomic mass is 10.1. The highest BCUT2D eigenvalue weighted by atomic mass is 15.1. The summed E-state index contributed by atoms with van der Waals surface area (Å²) in [6.45, 7) is 2.83. The van der Waals surface area contributed by atoms with E-state index in [4.69, 9.17) is 5.73 Å². The van der Waals surface area contributed by atoms with E-state index >= 15 is 0 Å². The number of aromatic nitrogens is 1. The summed E-state index contributed by atoms with van der Waals surface area (Å²) in [7, 11) is 2.15. The molecule has 1 aromatic rings. The summed E-state index contributed by atoms with van der Waals surface area (Å²) in [5.41, 5.74) is 9.52. The fourth-order valence-corrected chi connectivity index (χ4v) is 1.75. The average molecular weight is 165 g/mol. The van der Waals surface area contributed by atoms with Gasteiger partial charge in [0.25, 0.3) is 0 Å². The Labute approximate surface area is 72.6 Å². The number of fused-ring (bicyclic) bond motifs is 1. The van der Waals surface area contributed by atoms with Gasteiger partial charge in [0.15, 0.2) is 0 Å². The molecule has 0 aromatic carbocycles. The van der Waals surface area contributed by atoms with E-state index in [1.165, 1.54) is 11.3 Å². The van der Waals surface area contributed by atoms with Crippen molar-refractivity contribution in [3.63, 3.8) is 0 Å². The van der Waals surface area contributed by atoms with Crippen LogP contribution in [0.25, 0.3) is 0 Å². The van der Waals surface area contributed by atoms with Gasteiger partial charge in [-0.05, 0) is 18.7 Å². The lowest BCUT2D eigenvalue weighted by molar-refractivity contribution is 0.312. The van der Waals surface area contributed by atoms with E-state index in [1.54, 1.807) is 0 Å². The van der Waals surface area contributed by atoms with Crippen molar-refractivity contribution >= 4 is 0 Å². The molecule has 1 aromatic heterocycles. The van der Waals surface area contributed by atoms with Gasteiger partial charge in [0.2, 0.25) is 0 Å². The molecule has 0 saturated carbocycles. The minimum atomic E-state index is 0.622. The molecule has 1 aliphatic rings. The normalized spacial score (nSPS) is 17.8. The van der Waals surface area contributed by atoms with Crippen LogP contribution in [0.5, 0.6) is 0 Å². The lowest BCUT2D eigenvalue weighted by Gasteiger charge is -2.21. The predicted octanol–water partition coefficient (Wildman–Crippen LogP) is 0.461. The zero-order chi connectivity index (χ0) is 8.55. The predicted molar refractivity (Wildman–Crippen MR) is 48.7 cm³/mol. The van der Waals surface area contributed by atoms with Crippen LogP contribution in [0.15, 0.2) is 6.07 Å². The van der Waals surface area contributed by atoms with Crippen LogP contribution in [-0.2, 0) is 19.5 Å². The molecule has 0 radical (unpaired) electrons. The maximum Gasteiger partial charge on any atom is 0.0332 e. The molecule has 0 bridgehead atoms. The Morgan fingerprint density at radius 1 is 1.67 bits per heavy atom. The molecule has 0 saturated heterocycles. The van der Waals surface area contributed by atoms with Gasteiger partial charge in [0, 0.05) is 37.4 Å². The third kappa shape index (κ3) is 1.26. The van der Waals surface area contributed by atoms with Crippen LogP contribution in [0.3, 0.4) is 0 Å². The Hall–Kier alpha value is -0.800. The second-order valence-corrected chi connectivity index (χ2v) is 3.49. The molecule has 12 heavy (non-hydrogen) atoms. The summed E-state index contributed by atoms with van der Waals surface area (Å²) < 4.78 is 0. The molecule has 2 heterocycles. The van der Waals surface area contributed by atoms with Gasteiger partial charge in [-0.15, -0.1) is 0 Å². The molecule has 66 valence electrons. The zero-order valence-electron chi connectivity index (χ0n) is 7.43. The van der Waals surface area contributed by atoms with E-state index in [0.29, 0.717) is 6.54 Å². The van der Waals surface area contributed by atoms with Crippen LogP contribution < -0.4 is 5.73 Å². The van der Waals surface area contributed by atoms with Crippen molar-refractivity contribution in [2.45, 2.75) is 19.5 Å². The van der Waals surface area contributed by atoms with Crippen molar-refractivity contribution in [1.29, 1.82) is 0 Å². The van der Waals surface area contributed by atoms with Crippen molar-refractivity contribution in [2.24, 2.45) is 5.73 Å². The minimum Gasteiger partial charge on any atom is -0.361 e. The average Bonchev–Trinajstić information content (AvgIpc) is 2.46. The largest absolute Gasteiger partial charge is 0.361 e. The van der Waals surface area contributed by atoms with Gasteiger partial charge >= 0.3 is 0 Å². The van der Waals surface area contributed by atoms with Crippen molar-refractivity contribution in [3.05, 3.63) is 23.0 Å². The molecule has 0 aliphatic carbocycles. The van der Waals surface area contributed by atoms with E-state index in [1.807, 2.05) is 0 Å². The lowest BCUT2D eigenvalue weighted by Crippen LogP contribution is -2.25. The molecular weight excluding hydrogens is 150 g/mol. The van der Waals surface area contributed by atoms with Gasteiger partial charge in [0.05, 0.1) is 0 Å². The third-order valence-electron chi connectivity index (χ3n) is 2.45. The Morgan fingerprint density at radius 2 is 2.50 bits per heavy atom. The van der Waals surface area contributed by atoms with Gasteiger partial charge in [0.1, 0.15) is 0 Å². The molecule has 3 nitrogen and oxygen atoms in total. The number of nitrogens with zero attached hydrogens (tertiary/aromatic N) is 1. The summed E-state index contributed by atoms with van der Waals surface area (Å²) in [5, 5.41) is 0. The molecule has 3 heteroatoms. The summed E-state index contributed by atoms with van der Waals surface area (Å²) in [6, 6.07) is 2.19. The van der Waals surface area contributed by atoms with Crippen molar-refractivity contribution in [3.8, 4) is 0 Å². The topological polar surface area (TPSA) is 45.0 Å². The van der Waals surface area contributed by atoms with E-state index in [0.717, 1.165) is 25.2 Å². The summed E-state index contributed by atoms with van der Waals surface area (Å²) in [6.07, 6.45) is 1.13. The van der Waals surface area contributed by atoms with E-state index in [-0.39, 0.29) is 0 Å². The molecule has 0 amide bonds. The number of nitrogens with one attached hydrogen (secondary N) is 1. The highest BCUT2D eigenvalue weighted by molar-refractivity contribution is 5.27. The number of H-pyrrole nitrogens is 1. The second kappa shape index (κ2) is 2.92. The first-order valence-electron chi connectivity index (χ1n) is 4.38. The molecule has 2 rings (SSSR count). The molecule has 3 N–H and O–H groups in total. The number of likely N-dealkylation sites (N-methyl/N-ethyl adjacent to an activating group) is 1. The Kier molecular flexibility index (Phi) is 1.90. The van der Waals surface area contributed by atoms with Gasteiger partial charge in [-0.2, -0.15) is 0 Å². The fraction of sp³-hybridized carbons (Fsp3) is 0.556. The fourth-order valence-electron chi connectivity index (χ4n) is 1.75. The van der Waals surface area contributed by atoms with Crippen molar-refractivity contribution in [2.75, 3.05) is 13.6 Å². The van der Waals surface area contributed by atoms with Crippen LogP contribution in [0.1, 0.15) is 17.0 Å². The van der Waals surface area contributed by atoms with Gasteiger partial charge < -0.3 is 15.6 Å². The quantitative estimate of drug-likeness (QED) is 0.635. The Bertz CT molecular complexity index is 277. The van der Waals surface area contributed by atoms with Crippen LogP contribution in [0, 0.1) is 0 Å². The molecule has 0 unspecified atom stereocenters. The molecule has 0 spiro atoms. The van der Waals surface area contributed by atoms with Crippen LogP contribution in [0.4, 0.5) is 0 Å². The number of hydrogen-bond acceptors (Lipinski definition) is 2. The van der Waals surface area contributed by atoms with Crippen LogP contribution in [0.2, 0.25) is 0 Å². The maximum atomic E-state index is 5.55. The molecule has 0 atom stereocenters. The number of hydrogen-bond donors (Lipinski definition) is 2. The third-order valence-corrected chi connectivity index (χ3v) is 2.45. The first-order chi connectivity index (χ1) is 5.79. The Morgan fingerprint density at radius 3 is 3.25 bits per heavy atom. The summed E-state index contributed by atoms with van der Waals surface area (Å²) in [5.74, 6) is 0. The highest BCUT2D eigenvalue weighted by Gasteiger charge is 2.14. The van der Waals surface area contributed by atoms with Gasteiger partial charge in [-0.3, -0.25) is 0 Å². The standard InChI is InChI=1S/C9H15N3/c1-12-3-2-9-7(6-12)4-8(5-10)11-9/h4,11H,2-3,5-6,10H2,1H3. The van der Waals surface area contributed by atoms with E-state index in [2.05, 4.69) is 23.0 Å². The van der Waals surface area contributed by atoms with E-state index in [9.17, 15) is 0 Å². The monoisotopic (exact) mass is 165 g/mol. The number of nitrogens with two attached hydrogens (primary N) is 1. The van der Waals surface area contributed by atoms with E-state index < -0.39 is 0 Å². The molecule has 0 fully saturated rings. The smallest absolute Gasteiger partial charge is 0.0332 e. The zero-order valence-corrected chi connectivity index (χ0v) is 7.43. The Balaban J connectivity index is 2.28. The highest BCUT2D eigenvalue weighted by Crippen LogP contribution is 2.18. The van der Waals surface area contributed by atoms with Crippen LogP contribution >= 0.6 is 0 Å². The molecular formula is C9H15N3. The number of rotatable bonds is 1. The summed E-state index contributed by atoms with van der Waals surface area (Å²) >= 11 is 0. The van der Waals surface area contributed by atoms with Crippen LogP contribution in [-0.4, -0.2) is 23.5 Å². The molecule has 1 aliphatic heterocycles. The summed E-state index contributed by atoms with van der Waals surface area (Å²) in [4.78, 5) is 5.68. The van der Waals surface area contributed by atoms with Crippen molar-refractivity contribution in [1.82, 2.24) is 9.88 Å². The second-order valence-electron chi connectivity index (χ2n) is 3.49. The minimum absolute atomic E-state index is 0.622. The first-order valence-corrected chi connectivity index (χ1v) is 4.38. The number of aromatic amines is 1. The maximum absolute atomic E-state index is 5.55. The van der Waals surface area contributed by atoms with Gasteiger partial charge in [-0.1, -0.05) is 0 Å². The first kappa shape index (κ1) is 7.83. The van der Waals surface area contributed by atoms with Crippen molar-refractivity contribution < 1.29 is 0 Å². The van der Waals surface area contributed by atoms with Gasteiger partial charge in [-0.25, -0.2) is 0 Å².